The highest BCUT2D eigenvalue weighted by molar-refractivity contribution is 6.21. The molecule has 6 aliphatic rings. The molecule has 8 nitrogen and oxygen atoms in total. The number of carbonyl (C=O) groups excluding carboxylic acids is 1. The minimum absolute atomic E-state index is 0.0107. The maximum absolute atomic E-state index is 12.3. The number of carbonyl (C=O) groups is 1. The maximum atomic E-state index is 12.3. The van der Waals surface area contributed by atoms with Crippen LogP contribution in [-0.2, 0) is 9.53 Å². The van der Waals surface area contributed by atoms with E-state index in [9.17, 15) is 15.0 Å². The van der Waals surface area contributed by atoms with E-state index in [1.165, 1.54) is 7.11 Å². The normalized spacial score (nSPS) is 25.2. The molecule has 5 aliphatic heterocycles. The Morgan fingerprint density at radius 2 is 1.73 bits per heavy atom. The molecule has 0 aromatic rings. The fourth-order valence-electron chi connectivity index (χ4n) is 7.70. The Kier molecular flexibility index (Phi) is 7.60. The van der Waals surface area contributed by atoms with Gasteiger partial charge in [-0.15, -0.1) is 0 Å². The van der Waals surface area contributed by atoms with Gasteiger partial charge in [0, 0.05) is 52.8 Å². The number of nitrogens with zero attached hydrogens (tertiary/aromatic N) is 3. The number of rotatable bonds is 6. The Morgan fingerprint density at radius 1 is 1.00 bits per heavy atom. The third-order valence-corrected chi connectivity index (χ3v) is 10.00. The highest BCUT2D eigenvalue weighted by Gasteiger charge is 2.42. The number of fused-ring (bicyclic) bond motifs is 5. The minimum Gasteiger partial charge on any atom is -0.511 e. The summed E-state index contributed by atoms with van der Waals surface area (Å²) < 4.78 is 5.00. The molecule has 0 radical (unpaired) electrons. The van der Waals surface area contributed by atoms with Gasteiger partial charge < -0.3 is 20.3 Å². The number of esters is 1. The van der Waals surface area contributed by atoms with Crippen LogP contribution in [0.3, 0.4) is 0 Å². The van der Waals surface area contributed by atoms with E-state index in [2.05, 4.69) is 46.0 Å². The summed E-state index contributed by atoms with van der Waals surface area (Å²) in [6.07, 6.45) is 6.15. The molecular weight excluding hydrogens is 552 g/mol. The van der Waals surface area contributed by atoms with E-state index in [0.29, 0.717) is 18.6 Å². The van der Waals surface area contributed by atoms with E-state index in [1.54, 1.807) is 6.92 Å². The van der Waals surface area contributed by atoms with Crippen molar-refractivity contribution in [3.63, 3.8) is 0 Å². The van der Waals surface area contributed by atoms with E-state index in [0.717, 1.165) is 103 Å². The van der Waals surface area contributed by atoms with E-state index < -0.39 is 6.10 Å². The van der Waals surface area contributed by atoms with E-state index >= 15 is 0 Å². The summed E-state index contributed by atoms with van der Waals surface area (Å²) in [5, 5.41) is 26.1. The quantitative estimate of drug-likeness (QED) is 0.294. The van der Waals surface area contributed by atoms with Gasteiger partial charge in [-0.1, -0.05) is 20.8 Å². The summed E-state index contributed by atoms with van der Waals surface area (Å²) in [4.78, 5) is 27.7. The van der Waals surface area contributed by atoms with E-state index in [-0.39, 0.29) is 24.2 Å². The first-order valence-electron chi connectivity index (χ1n) is 15.7. The predicted octanol–water partition coefficient (Wildman–Crippen LogP) is 6.77. The molecule has 0 amide bonds. The first kappa shape index (κ1) is 30.0. The largest absolute Gasteiger partial charge is 0.511 e. The average Bonchev–Trinajstić information content (AvgIpc) is 3.75. The van der Waals surface area contributed by atoms with Crippen molar-refractivity contribution in [2.75, 3.05) is 7.11 Å². The zero-order chi connectivity index (χ0) is 31.6. The summed E-state index contributed by atoms with van der Waals surface area (Å²) in [5.41, 5.74) is 14.7. The topological polar surface area (TPSA) is 116 Å². The summed E-state index contributed by atoms with van der Waals surface area (Å²) in [5.74, 6) is 0.121. The van der Waals surface area contributed by atoms with E-state index in [1.807, 2.05) is 13.0 Å². The van der Waals surface area contributed by atoms with Crippen molar-refractivity contribution in [2.24, 2.45) is 26.8 Å². The third kappa shape index (κ3) is 4.53. The van der Waals surface area contributed by atoms with Gasteiger partial charge >= 0.3 is 5.97 Å². The first-order valence-corrected chi connectivity index (χ1v) is 15.7. The van der Waals surface area contributed by atoms with Crippen molar-refractivity contribution in [2.45, 2.75) is 86.7 Å². The molecule has 44 heavy (non-hydrogen) atoms. The van der Waals surface area contributed by atoms with Crippen LogP contribution in [0.25, 0.3) is 0 Å². The standard InChI is InChI=1S/C36H42N4O4/c1-9-21-16(3)25-14-28-31(20(7)41)18(5)34(39-28)19(6)33-17(4)23(11-12-30(43)44-8)35(40-33)24-13-29(42)32-22(10-2)27(38-36(24)32)15-26(21)37-25/h14-15,17,20,23,40-42H,9-13H2,1-8H3/t17-,20+,23-/m0/s1. The number of aliphatic imine (C=N–C) groups is 3. The number of methoxy groups -OCH3 is 1. The summed E-state index contributed by atoms with van der Waals surface area (Å²) >= 11 is 0. The van der Waals surface area contributed by atoms with Crippen LogP contribution < -0.4 is 5.32 Å². The molecule has 5 heterocycles. The summed E-state index contributed by atoms with van der Waals surface area (Å²) in [6, 6.07) is 0. The number of hydrogen-bond donors (Lipinski definition) is 3. The Hall–Kier alpha value is -4.04. The average molecular weight is 595 g/mol. The minimum atomic E-state index is -0.706. The summed E-state index contributed by atoms with van der Waals surface area (Å²) in [6.45, 7) is 14.4. The molecular formula is C36H42N4O4. The molecule has 6 rings (SSSR count). The van der Waals surface area contributed by atoms with Crippen molar-refractivity contribution in [1.82, 2.24) is 5.32 Å². The lowest BCUT2D eigenvalue weighted by Crippen LogP contribution is -2.16. The van der Waals surface area contributed by atoms with E-state index in [4.69, 9.17) is 19.7 Å². The van der Waals surface area contributed by atoms with Crippen LogP contribution in [0.2, 0.25) is 0 Å². The van der Waals surface area contributed by atoms with Gasteiger partial charge in [-0.25, -0.2) is 15.0 Å². The van der Waals surface area contributed by atoms with Crippen LogP contribution in [0.1, 0.15) is 80.6 Å². The molecule has 3 N–H and O–H groups in total. The zero-order valence-corrected chi connectivity index (χ0v) is 27.0. The fourth-order valence-corrected chi connectivity index (χ4v) is 7.70. The van der Waals surface area contributed by atoms with Crippen LogP contribution >= 0.6 is 0 Å². The first-order chi connectivity index (χ1) is 21.0. The summed E-state index contributed by atoms with van der Waals surface area (Å²) in [7, 11) is 1.42. The van der Waals surface area contributed by atoms with Crippen LogP contribution in [0, 0.1) is 11.8 Å². The van der Waals surface area contributed by atoms with Gasteiger partial charge in [0.05, 0.1) is 47.4 Å². The molecule has 1 fully saturated rings. The second-order valence-electron chi connectivity index (χ2n) is 12.4. The lowest BCUT2D eigenvalue weighted by atomic mass is 9.85. The van der Waals surface area contributed by atoms with Gasteiger partial charge in [0.15, 0.2) is 0 Å². The second kappa shape index (κ2) is 11.1. The van der Waals surface area contributed by atoms with Gasteiger partial charge in [0.2, 0.25) is 0 Å². The van der Waals surface area contributed by atoms with Crippen LogP contribution in [-0.4, -0.2) is 46.5 Å². The molecule has 1 saturated heterocycles. The molecule has 8 heteroatoms. The SMILES string of the molecule is CCC1=C2C=C3N=C(C=C4N=C(C(C)=C5NC(=C6CC(O)=C1C6=N2)[C@@H](CCC(=O)OC)[C@@H]5C)C(C)=C4[C@@H](C)O)C(C)=C3CC. The lowest BCUT2D eigenvalue weighted by Gasteiger charge is -2.17. The highest BCUT2D eigenvalue weighted by Crippen LogP contribution is 2.48. The predicted molar refractivity (Wildman–Crippen MR) is 174 cm³/mol. The molecule has 0 saturated carbocycles. The molecule has 0 aromatic heterocycles. The third-order valence-electron chi connectivity index (χ3n) is 10.00. The molecule has 0 spiro atoms. The van der Waals surface area contributed by atoms with Gasteiger partial charge in [-0.05, 0) is 87.0 Å². The van der Waals surface area contributed by atoms with Crippen molar-refractivity contribution in [1.29, 1.82) is 0 Å². The second-order valence-corrected chi connectivity index (χ2v) is 12.4. The van der Waals surface area contributed by atoms with Crippen LogP contribution in [0.4, 0.5) is 0 Å². The molecule has 0 aromatic carbocycles. The molecule has 1 aliphatic carbocycles. The smallest absolute Gasteiger partial charge is 0.305 e. The number of aliphatic hydroxyl groups excluding tert-OH is 2. The fraction of sp³-hybridized carbons (Fsp3) is 0.444. The molecule has 8 bridgehead atoms. The Bertz CT molecular complexity index is 1750. The van der Waals surface area contributed by atoms with Gasteiger partial charge in [-0.3, -0.25) is 4.79 Å². The number of allylic oxidation sites excluding steroid dienone is 11. The van der Waals surface area contributed by atoms with Gasteiger partial charge in [0.25, 0.3) is 0 Å². The highest BCUT2D eigenvalue weighted by atomic mass is 16.5. The number of ether oxygens (including phenoxy) is 1. The monoisotopic (exact) mass is 594 g/mol. The van der Waals surface area contributed by atoms with Crippen molar-refractivity contribution >= 4 is 23.1 Å². The molecule has 230 valence electrons. The number of aliphatic hydroxyl groups is 2. The Morgan fingerprint density at radius 3 is 2.39 bits per heavy atom. The van der Waals surface area contributed by atoms with Crippen molar-refractivity contribution < 1.29 is 19.7 Å². The Balaban J connectivity index is 1.64. The molecule has 0 unspecified atom stereocenters. The molecule has 3 atom stereocenters. The van der Waals surface area contributed by atoms with Gasteiger partial charge in [-0.2, -0.15) is 0 Å². The maximum Gasteiger partial charge on any atom is 0.305 e. The van der Waals surface area contributed by atoms with Crippen LogP contribution in [0.5, 0.6) is 0 Å². The van der Waals surface area contributed by atoms with Crippen LogP contribution in [0.15, 0.2) is 106 Å². The number of nitrogens with one attached hydrogen (secondary N) is 1. The van der Waals surface area contributed by atoms with Crippen molar-refractivity contribution in [3.05, 3.63) is 91.0 Å². The zero-order valence-electron chi connectivity index (χ0n) is 27.0. The van der Waals surface area contributed by atoms with Gasteiger partial charge in [0.1, 0.15) is 5.76 Å². The Labute approximate surface area is 259 Å². The van der Waals surface area contributed by atoms with Crippen molar-refractivity contribution in [3.8, 4) is 0 Å². The number of hydrogen-bond acceptors (Lipinski definition) is 8. The lowest BCUT2D eigenvalue weighted by molar-refractivity contribution is -0.140.